The van der Waals surface area contributed by atoms with Gasteiger partial charge in [-0.1, -0.05) is 42.5 Å². The lowest BCUT2D eigenvalue weighted by Crippen LogP contribution is -2.55. The van der Waals surface area contributed by atoms with E-state index in [0.29, 0.717) is 25.1 Å². The number of hydrogen-bond acceptors (Lipinski definition) is 4. The van der Waals surface area contributed by atoms with Gasteiger partial charge >= 0.3 is 0 Å². The molecule has 4 rings (SSSR count). The quantitative estimate of drug-likeness (QED) is 0.578. The first-order valence-corrected chi connectivity index (χ1v) is 10.2. The molecule has 0 radical (unpaired) electrons. The molecule has 7 nitrogen and oxygen atoms in total. The molecule has 3 amide bonds. The highest BCUT2D eigenvalue weighted by Gasteiger charge is 2.33. The van der Waals surface area contributed by atoms with Crippen molar-refractivity contribution in [3.05, 3.63) is 89.5 Å². The van der Waals surface area contributed by atoms with Gasteiger partial charge in [-0.25, -0.2) is 4.98 Å². The molecule has 2 aromatic carbocycles. The minimum absolute atomic E-state index is 0.0930. The summed E-state index contributed by atoms with van der Waals surface area (Å²) in [5.74, 6) is -0.107. The number of rotatable bonds is 6. The van der Waals surface area contributed by atoms with E-state index in [2.05, 4.69) is 4.98 Å². The number of carbonyl (C=O) groups excluding carboxylic acids is 3. The number of aryl methyl sites for hydroxylation is 1. The maximum absolute atomic E-state index is 13.0. The second-order valence-corrected chi connectivity index (χ2v) is 7.64. The summed E-state index contributed by atoms with van der Waals surface area (Å²) >= 11 is 0. The summed E-state index contributed by atoms with van der Waals surface area (Å²) in [7, 11) is 0. The fourth-order valence-electron chi connectivity index (χ4n) is 3.72. The third kappa shape index (κ3) is 4.71. The van der Waals surface area contributed by atoms with Crippen LogP contribution in [0.5, 0.6) is 0 Å². The van der Waals surface area contributed by atoms with Gasteiger partial charge in [-0.3, -0.25) is 19.3 Å². The molecule has 0 saturated carbocycles. The van der Waals surface area contributed by atoms with E-state index >= 15 is 0 Å². The van der Waals surface area contributed by atoms with Crippen LogP contribution < -0.4 is 0 Å². The largest absolute Gasteiger partial charge is 0.331 e. The zero-order valence-electron chi connectivity index (χ0n) is 17.4. The van der Waals surface area contributed by atoms with Crippen LogP contribution in [0, 0.1) is 6.92 Å². The van der Waals surface area contributed by atoms with Crippen LogP contribution in [-0.4, -0.2) is 56.7 Å². The first-order chi connectivity index (χ1) is 15.0. The van der Waals surface area contributed by atoms with E-state index in [0.717, 1.165) is 17.0 Å². The van der Waals surface area contributed by atoms with Gasteiger partial charge in [0.1, 0.15) is 18.9 Å². The van der Waals surface area contributed by atoms with Crippen LogP contribution in [0.2, 0.25) is 0 Å². The minimum atomic E-state index is -0.342. The highest BCUT2D eigenvalue weighted by molar-refractivity contribution is 6.05. The Balaban J connectivity index is 1.41. The third-order valence-corrected chi connectivity index (χ3v) is 5.46. The van der Waals surface area contributed by atoms with Crippen molar-refractivity contribution >= 4 is 17.7 Å². The molecule has 0 atom stereocenters. The fraction of sp³-hybridized carbons (Fsp3) is 0.250. The van der Waals surface area contributed by atoms with E-state index in [1.54, 1.807) is 18.3 Å². The van der Waals surface area contributed by atoms with Gasteiger partial charge in [-0.15, -0.1) is 0 Å². The van der Waals surface area contributed by atoms with E-state index in [1.807, 2.05) is 60.2 Å². The van der Waals surface area contributed by atoms with Gasteiger partial charge in [0.05, 0.1) is 0 Å². The molecular weight excluding hydrogens is 392 g/mol. The van der Waals surface area contributed by atoms with E-state index in [-0.39, 0.29) is 30.8 Å². The van der Waals surface area contributed by atoms with Crippen LogP contribution in [0.1, 0.15) is 27.3 Å². The second-order valence-electron chi connectivity index (χ2n) is 7.64. The summed E-state index contributed by atoms with van der Waals surface area (Å²) in [6.45, 7) is 2.65. The highest BCUT2D eigenvalue weighted by atomic mass is 16.2. The van der Waals surface area contributed by atoms with Crippen molar-refractivity contribution in [1.82, 2.24) is 19.4 Å². The molecule has 1 aromatic heterocycles. The van der Waals surface area contributed by atoms with E-state index < -0.39 is 0 Å². The Hall–Kier alpha value is -3.74. The van der Waals surface area contributed by atoms with Crippen molar-refractivity contribution in [1.29, 1.82) is 0 Å². The molecule has 0 aliphatic carbocycles. The number of imidazole rings is 1. The van der Waals surface area contributed by atoms with Gasteiger partial charge in [-0.2, -0.15) is 0 Å². The molecule has 3 aromatic rings. The van der Waals surface area contributed by atoms with Crippen LogP contribution in [-0.2, 0) is 22.6 Å². The standard InChI is InChI=1S/C24H24N4O3/c1-18-25-11-13-26(18)15-20-8-5-9-21(14-20)24(31)27-16-22(29)28(23(30)17-27)12-10-19-6-3-2-4-7-19/h2-9,11,13-14H,10,12,15-17H2,1H3. The topological polar surface area (TPSA) is 75.5 Å². The Kier molecular flexibility index (Phi) is 5.93. The summed E-state index contributed by atoms with van der Waals surface area (Å²) in [6, 6.07) is 17.0. The Morgan fingerprint density at radius 1 is 0.968 bits per heavy atom. The van der Waals surface area contributed by atoms with Crippen LogP contribution in [0.4, 0.5) is 0 Å². The van der Waals surface area contributed by atoms with Crippen LogP contribution in [0.3, 0.4) is 0 Å². The van der Waals surface area contributed by atoms with Gasteiger partial charge in [0.15, 0.2) is 0 Å². The molecule has 0 unspecified atom stereocenters. The Morgan fingerprint density at radius 2 is 1.68 bits per heavy atom. The van der Waals surface area contributed by atoms with E-state index in [4.69, 9.17) is 0 Å². The van der Waals surface area contributed by atoms with Gasteiger partial charge in [-0.05, 0) is 36.6 Å². The normalized spacial score (nSPS) is 14.2. The number of aromatic nitrogens is 2. The Labute approximate surface area is 180 Å². The number of amides is 3. The second kappa shape index (κ2) is 8.95. The predicted molar refractivity (Wildman–Crippen MR) is 115 cm³/mol. The van der Waals surface area contributed by atoms with Crippen molar-refractivity contribution in [3.63, 3.8) is 0 Å². The summed E-state index contributed by atoms with van der Waals surface area (Å²) in [4.78, 5) is 45.0. The van der Waals surface area contributed by atoms with Gasteiger partial charge in [0.25, 0.3) is 5.91 Å². The minimum Gasteiger partial charge on any atom is -0.331 e. The summed E-state index contributed by atoms with van der Waals surface area (Å²) in [5, 5.41) is 0. The summed E-state index contributed by atoms with van der Waals surface area (Å²) < 4.78 is 1.99. The number of benzene rings is 2. The highest BCUT2D eigenvalue weighted by Crippen LogP contribution is 2.14. The van der Waals surface area contributed by atoms with Crippen LogP contribution >= 0.6 is 0 Å². The van der Waals surface area contributed by atoms with Gasteiger partial charge in [0, 0.05) is 31.0 Å². The number of nitrogens with zero attached hydrogens (tertiary/aromatic N) is 4. The van der Waals surface area contributed by atoms with E-state index in [1.165, 1.54) is 9.80 Å². The predicted octanol–water partition coefficient (Wildman–Crippen LogP) is 2.29. The zero-order valence-corrected chi connectivity index (χ0v) is 17.4. The molecule has 2 heterocycles. The van der Waals surface area contributed by atoms with Gasteiger partial charge < -0.3 is 9.47 Å². The van der Waals surface area contributed by atoms with Crippen molar-refractivity contribution in [2.45, 2.75) is 19.9 Å². The molecule has 0 spiro atoms. The van der Waals surface area contributed by atoms with Crippen molar-refractivity contribution in [2.24, 2.45) is 0 Å². The molecule has 1 fully saturated rings. The number of piperazine rings is 1. The molecule has 0 bridgehead atoms. The molecule has 0 N–H and O–H groups in total. The first kappa shape index (κ1) is 20.5. The van der Waals surface area contributed by atoms with Crippen molar-refractivity contribution in [3.8, 4) is 0 Å². The number of carbonyl (C=O) groups is 3. The lowest BCUT2D eigenvalue weighted by Gasteiger charge is -2.32. The molecule has 1 aliphatic heterocycles. The SMILES string of the molecule is Cc1nccn1Cc1cccc(C(=O)N2CC(=O)N(CCc3ccccc3)C(=O)C2)c1. The molecule has 1 aliphatic rings. The Bertz CT molecular complexity index is 1090. The Morgan fingerprint density at radius 3 is 2.35 bits per heavy atom. The number of hydrogen-bond donors (Lipinski definition) is 0. The average molecular weight is 416 g/mol. The maximum atomic E-state index is 13.0. The lowest BCUT2D eigenvalue weighted by molar-refractivity contribution is -0.150. The smallest absolute Gasteiger partial charge is 0.254 e. The van der Waals surface area contributed by atoms with Crippen molar-refractivity contribution in [2.75, 3.05) is 19.6 Å². The fourth-order valence-corrected chi connectivity index (χ4v) is 3.72. The number of imide groups is 1. The molecular formula is C24H24N4O3. The van der Waals surface area contributed by atoms with Crippen LogP contribution in [0.15, 0.2) is 67.0 Å². The van der Waals surface area contributed by atoms with Crippen LogP contribution in [0.25, 0.3) is 0 Å². The molecule has 158 valence electrons. The third-order valence-electron chi connectivity index (χ3n) is 5.46. The van der Waals surface area contributed by atoms with Gasteiger partial charge in [0.2, 0.25) is 11.8 Å². The van der Waals surface area contributed by atoms with Crippen molar-refractivity contribution < 1.29 is 14.4 Å². The van der Waals surface area contributed by atoms with E-state index in [9.17, 15) is 14.4 Å². The monoisotopic (exact) mass is 416 g/mol. The molecule has 31 heavy (non-hydrogen) atoms. The lowest BCUT2D eigenvalue weighted by atomic mass is 10.1. The molecule has 1 saturated heterocycles. The first-order valence-electron chi connectivity index (χ1n) is 10.2. The average Bonchev–Trinajstić information content (AvgIpc) is 3.17. The maximum Gasteiger partial charge on any atom is 0.254 e. The molecule has 7 heteroatoms. The summed E-state index contributed by atoms with van der Waals surface area (Å²) in [5.41, 5.74) is 2.48. The summed E-state index contributed by atoms with van der Waals surface area (Å²) in [6.07, 6.45) is 4.22. The zero-order chi connectivity index (χ0) is 21.8.